The maximum absolute atomic E-state index is 8.64. The Bertz CT molecular complexity index is 397. The molecule has 2 N–H and O–H groups in total. The van der Waals surface area contributed by atoms with Crippen LogP contribution in [0, 0.1) is 0 Å². The second-order valence-corrected chi connectivity index (χ2v) is 2.93. The number of nitrogens with one attached hydrogen (secondary N) is 1. The Morgan fingerprint density at radius 3 is 2.36 bits per heavy atom. The van der Waals surface area contributed by atoms with Crippen molar-refractivity contribution in [3.63, 3.8) is 0 Å². The fourth-order valence-electron chi connectivity index (χ4n) is 1.27. The van der Waals surface area contributed by atoms with E-state index in [1.807, 2.05) is 36.4 Å². The Balaban J connectivity index is 2.34. The molecule has 0 saturated carbocycles. The van der Waals surface area contributed by atoms with Gasteiger partial charge in [0, 0.05) is 12.4 Å². The molecule has 0 amide bonds. The highest BCUT2D eigenvalue weighted by Gasteiger charge is 1.96. The normalized spacial score (nSPS) is 9.79. The molecule has 0 aliphatic carbocycles. The summed E-state index contributed by atoms with van der Waals surface area (Å²) in [5.74, 6) is 0. The second kappa shape index (κ2) is 3.89. The molecule has 0 unspecified atom stereocenters. The number of pyridine rings is 1. The van der Waals surface area contributed by atoms with Crippen molar-refractivity contribution in [2.75, 3.05) is 5.48 Å². The van der Waals surface area contributed by atoms with Crippen molar-refractivity contribution in [3.05, 3.63) is 48.8 Å². The van der Waals surface area contributed by atoms with Crippen LogP contribution in [0.25, 0.3) is 11.1 Å². The van der Waals surface area contributed by atoms with Crippen molar-refractivity contribution in [1.29, 1.82) is 0 Å². The van der Waals surface area contributed by atoms with Crippen molar-refractivity contribution >= 4 is 5.69 Å². The van der Waals surface area contributed by atoms with Gasteiger partial charge in [0.25, 0.3) is 0 Å². The molecule has 3 nitrogen and oxygen atoms in total. The summed E-state index contributed by atoms with van der Waals surface area (Å²) in [6, 6.07) is 11.4. The Labute approximate surface area is 82.0 Å². The van der Waals surface area contributed by atoms with E-state index >= 15 is 0 Å². The third kappa shape index (κ3) is 1.72. The monoisotopic (exact) mass is 186 g/mol. The second-order valence-electron chi connectivity index (χ2n) is 2.93. The van der Waals surface area contributed by atoms with E-state index in [4.69, 9.17) is 5.21 Å². The average molecular weight is 186 g/mol. The highest BCUT2D eigenvalue weighted by atomic mass is 16.5. The van der Waals surface area contributed by atoms with Gasteiger partial charge in [-0.15, -0.1) is 0 Å². The zero-order valence-corrected chi connectivity index (χ0v) is 7.51. The molecule has 1 aromatic carbocycles. The minimum Gasteiger partial charge on any atom is -0.291 e. The highest BCUT2D eigenvalue weighted by Crippen LogP contribution is 2.19. The van der Waals surface area contributed by atoms with E-state index in [1.54, 1.807) is 12.4 Å². The Kier molecular flexibility index (Phi) is 2.42. The lowest BCUT2D eigenvalue weighted by Crippen LogP contribution is -1.88. The third-order valence-electron chi connectivity index (χ3n) is 2.01. The predicted molar refractivity (Wildman–Crippen MR) is 55.1 cm³/mol. The van der Waals surface area contributed by atoms with Crippen LogP contribution >= 0.6 is 0 Å². The van der Waals surface area contributed by atoms with Crippen LogP contribution in [0.3, 0.4) is 0 Å². The fourth-order valence-corrected chi connectivity index (χ4v) is 1.27. The Morgan fingerprint density at radius 2 is 1.79 bits per heavy atom. The quantitative estimate of drug-likeness (QED) is 0.708. The van der Waals surface area contributed by atoms with Gasteiger partial charge in [0.1, 0.15) is 0 Å². The van der Waals surface area contributed by atoms with Gasteiger partial charge in [-0.05, 0) is 29.3 Å². The zero-order chi connectivity index (χ0) is 9.80. The van der Waals surface area contributed by atoms with E-state index in [9.17, 15) is 0 Å². The minimum atomic E-state index is 0.678. The average Bonchev–Trinajstić information content (AvgIpc) is 2.30. The van der Waals surface area contributed by atoms with Crippen LogP contribution < -0.4 is 5.48 Å². The molecule has 0 fully saturated rings. The molecule has 0 spiro atoms. The van der Waals surface area contributed by atoms with Crippen LogP contribution in [0.2, 0.25) is 0 Å². The molecule has 3 heteroatoms. The molecule has 2 rings (SSSR count). The predicted octanol–water partition coefficient (Wildman–Crippen LogP) is 2.55. The summed E-state index contributed by atoms with van der Waals surface area (Å²) in [5, 5.41) is 8.64. The highest BCUT2D eigenvalue weighted by molar-refractivity contribution is 5.64. The van der Waals surface area contributed by atoms with E-state index in [0.29, 0.717) is 5.69 Å². The third-order valence-corrected chi connectivity index (χ3v) is 2.01. The molecule has 0 radical (unpaired) electrons. The molecule has 1 heterocycles. The van der Waals surface area contributed by atoms with Gasteiger partial charge in [-0.2, -0.15) is 0 Å². The van der Waals surface area contributed by atoms with Gasteiger partial charge in [0.05, 0.1) is 5.69 Å². The molecule has 0 atom stereocenters. The number of rotatable bonds is 2. The molecule has 0 aliphatic heterocycles. The molecule has 70 valence electrons. The first-order valence-electron chi connectivity index (χ1n) is 4.31. The molecule has 0 saturated heterocycles. The number of anilines is 1. The summed E-state index contributed by atoms with van der Waals surface area (Å²) in [6.07, 6.45) is 3.55. The number of benzene rings is 1. The van der Waals surface area contributed by atoms with Crippen LogP contribution in [-0.2, 0) is 0 Å². The van der Waals surface area contributed by atoms with Gasteiger partial charge in [0.15, 0.2) is 0 Å². The smallest absolute Gasteiger partial charge is 0.0602 e. The topological polar surface area (TPSA) is 45.1 Å². The van der Waals surface area contributed by atoms with Crippen molar-refractivity contribution in [1.82, 2.24) is 4.98 Å². The fraction of sp³-hybridized carbons (Fsp3) is 0. The maximum Gasteiger partial charge on any atom is 0.0602 e. The molecule has 1 aromatic heterocycles. The standard InChI is InChI=1S/C11H10N2O/c14-13-11-5-3-9(4-6-11)10-2-1-7-12-8-10/h1-8,13-14H. The lowest BCUT2D eigenvalue weighted by atomic mass is 10.1. The Morgan fingerprint density at radius 1 is 1.00 bits per heavy atom. The van der Waals surface area contributed by atoms with Gasteiger partial charge in [-0.1, -0.05) is 18.2 Å². The van der Waals surface area contributed by atoms with E-state index in [-0.39, 0.29) is 0 Å². The van der Waals surface area contributed by atoms with Crippen LogP contribution in [0.5, 0.6) is 0 Å². The zero-order valence-electron chi connectivity index (χ0n) is 7.51. The van der Waals surface area contributed by atoms with Gasteiger partial charge in [0.2, 0.25) is 0 Å². The lowest BCUT2D eigenvalue weighted by molar-refractivity contribution is 0.389. The number of nitrogens with zero attached hydrogens (tertiary/aromatic N) is 1. The molecular formula is C11H10N2O. The summed E-state index contributed by atoms with van der Waals surface area (Å²) >= 11 is 0. The van der Waals surface area contributed by atoms with Crippen LogP contribution in [0.1, 0.15) is 0 Å². The molecular weight excluding hydrogens is 176 g/mol. The first kappa shape index (κ1) is 8.72. The first-order chi connectivity index (χ1) is 6.90. The van der Waals surface area contributed by atoms with Crippen LogP contribution in [-0.4, -0.2) is 10.2 Å². The molecule has 0 aliphatic rings. The largest absolute Gasteiger partial charge is 0.291 e. The SMILES string of the molecule is ONc1ccc(-c2cccnc2)cc1. The maximum atomic E-state index is 8.64. The summed E-state index contributed by atoms with van der Waals surface area (Å²) in [5.41, 5.74) is 4.92. The van der Waals surface area contributed by atoms with Crippen molar-refractivity contribution in [3.8, 4) is 11.1 Å². The molecule has 0 bridgehead atoms. The van der Waals surface area contributed by atoms with Gasteiger partial charge in [-0.3, -0.25) is 15.7 Å². The van der Waals surface area contributed by atoms with E-state index in [0.717, 1.165) is 11.1 Å². The molecule has 2 aromatic rings. The number of hydrogen-bond donors (Lipinski definition) is 2. The van der Waals surface area contributed by atoms with Crippen LogP contribution in [0.4, 0.5) is 5.69 Å². The summed E-state index contributed by atoms with van der Waals surface area (Å²) in [7, 11) is 0. The summed E-state index contributed by atoms with van der Waals surface area (Å²) in [6.45, 7) is 0. The van der Waals surface area contributed by atoms with Crippen molar-refractivity contribution in [2.24, 2.45) is 0 Å². The van der Waals surface area contributed by atoms with E-state index in [1.165, 1.54) is 0 Å². The van der Waals surface area contributed by atoms with Gasteiger partial charge >= 0.3 is 0 Å². The van der Waals surface area contributed by atoms with Crippen molar-refractivity contribution < 1.29 is 5.21 Å². The van der Waals surface area contributed by atoms with Gasteiger partial charge < -0.3 is 0 Å². The summed E-state index contributed by atoms with van der Waals surface area (Å²) in [4.78, 5) is 4.04. The lowest BCUT2D eigenvalue weighted by Gasteiger charge is -2.02. The number of aromatic nitrogens is 1. The molecule has 14 heavy (non-hydrogen) atoms. The summed E-state index contributed by atoms with van der Waals surface area (Å²) < 4.78 is 0. The number of hydrogen-bond acceptors (Lipinski definition) is 3. The first-order valence-corrected chi connectivity index (χ1v) is 4.31. The minimum absolute atomic E-state index is 0.678. The van der Waals surface area contributed by atoms with Gasteiger partial charge in [-0.25, -0.2) is 0 Å². The van der Waals surface area contributed by atoms with E-state index < -0.39 is 0 Å². The Hall–Kier alpha value is -1.87. The van der Waals surface area contributed by atoms with E-state index in [2.05, 4.69) is 10.5 Å². The van der Waals surface area contributed by atoms with Crippen molar-refractivity contribution in [2.45, 2.75) is 0 Å². The van der Waals surface area contributed by atoms with Crippen LogP contribution in [0.15, 0.2) is 48.8 Å².